The van der Waals surface area contributed by atoms with Gasteiger partial charge in [0, 0.05) is 44.5 Å². The Morgan fingerprint density at radius 2 is 2.12 bits per heavy atom. The van der Waals surface area contributed by atoms with Crippen LogP contribution in [-0.2, 0) is 0 Å². The molecular weight excluding hydrogens is 300 g/mol. The quantitative estimate of drug-likeness (QED) is 0.552. The summed E-state index contributed by atoms with van der Waals surface area (Å²) < 4.78 is 0. The van der Waals surface area contributed by atoms with E-state index in [-0.39, 0.29) is 12.5 Å². The zero-order chi connectivity index (χ0) is 17.4. The summed E-state index contributed by atoms with van der Waals surface area (Å²) in [5.41, 5.74) is 2.59. The molecule has 1 aliphatic rings. The van der Waals surface area contributed by atoms with Crippen molar-refractivity contribution < 1.29 is 5.11 Å². The van der Waals surface area contributed by atoms with E-state index in [4.69, 9.17) is 5.11 Å². The molecule has 1 saturated heterocycles. The standard InChI is InChI=1S/C19H32N4O/c1-4-20-19(21-12-16(3)14-24)22-17-6-5-11-23(13-17)18-9-7-15(2)8-10-18/h7-10,16-17,24H,4-6,11-14H2,1-3H3,(H2,20,21,22). The van der Waals surface area contributed by atoms with Crippen molar-refractivity contribution in [3.63, 3.8) is 0 Å². The Kier molecular flexibility index (Phi) is 7.37. The predicted octanol–water partition coefficient (Wildman–Crippen LogP) is 2.15. The maximum Gasteiger partial charge on any atom is 0.191 e. The molecule has 0 spiro atoms. The van der Waals surface area contributed by atoms with Crippen LogP contribution in [0.1, 0.15) is 32.3 Å². The molecular formula is C19H32N4O. The number of guanidine groups is 1. The Hall–Kier alpha value is -1.75. The Morgan fingerprint density at radius 3 is 2.79 bits per heavy atom. The van der Waals surface area contributed by atoms with Crippen LogP contribution in [0.15, 0.2) is 29.3 Å². The molecule has 0 amide bonds. The van der Waals surface area contributed by atoms with Gasteiger partial charge in [-0.1, -0.05) is 24.6 Å². The zero-order valence-corrected chi connectivity index (χ0v) is 15.3. The zero-order valence-electron chi connectivity index (χ0n) is 15.3. The van der Waals surface area contributed by atoms with Gasteiger partial charge in [0.1, 0.15) is 0 Å². The molecule has 1 heterocycles. The van der Waals surface area contributed by atoms with Crippen LogP contribution < -0.4 is 15.5 Å². The number of nitrogens with zero attached hydrogens (tertiary/aromatic N) is 2. The maximum atomic E-state index is 9.16. The summed E-state index contributed by atoms with van der Waals surface area (Å²) in [5.74, 6) is 1.05. The van der Waals surface area contributed by atoms with Gasteiger partial charge in [-0.25, -0.2) is 0 Å². The first-order valence-corrected chi connectivity index (χ1v) is 9.09. The summed E-state index contributed by atoms with van der Waals surface area (Å²) in [5, 5.41) is 16.0. The minimum Gasteiger partial charge on any atom is -0.396 e. The fourth-order valence-electron chi connectivity index (χ4n) is 2.90. The van der Waals surface area contributed by atoms with Crippen molar-refractivity contribution in [3.8, 4) is 0 Å². The SMILES string of the molecule is CCNC(=NCC(C)CO)NC1CCCN(c2ccc(C)cc2)C1. The number of aryl methyl sites for hydroxylation is 1. The van der Waals surface area contributed by atoms with E-state index in [0.717, 1.165) is 32.0 Å². The van der Waals surface area contributed by atoms with E-state index >= 15 is 0 Å². The van der Waals surface area contributed by atoms with Gasteiger partial charge in [-0.15, -0.1) is 0 Å². The monoisotopic (exact) mass is 332 g/mol. The molecule has 3 N–H and O–H groups in total. The van der Waals surface area contributed by atoms with Crippen molar-refractivity contribution in [1.29, 1.82) is 0 Å². The second kappa shape index (κ2) is 9.52. The van der Waals surface area contributed by atoms with E-state index < -0.39 is 0 Å². The van der Waals surface area contributed by atoms with Crippen LogP contribution in [0.3, 0.4) is 0 Å². The summed E-state index contributed by atoms with van der Waals surface area (Å²) in [6.45, 7) is 9.96. The second-order valence-corrected chi connectivity index (χ2v) is 6.77. The third kappa shape index (κ3) is 5.71. The highest BCUT2D eigenvalue weighted by molar-refractivity contribution is 5.80. The van der Waals surface area contributed by atoms with Gasteiger partial charge in [0.25, 0.3) is 0 Å². The van der Waals surface area contributed by atoms with E-state index in [9.17, 15) is 0 Å². The third-order valence-electron chi connectivity index (χ3n) is 4.38. The van der Waals surface area contributed by atoms with Crippen molar-refractivity contribution >= 4 is 11.6 Å². The topological polar surface area (TPSA) is 59.9 Å². The lowest BCUT2D eigenvalue weighted by molar-refractivity contribution is 0.241. The first-order valence-electron chi connectivity index (χ1n) is 9.09. The fourth-order valence-corrected chi connectivity index (χ4v) is 2.90. The van der Waals surface area contributed by atoms with Gasteiger partial charge >= 0.3 is 0 Å². The van der Waals surface area contributed by atoms with Gasteiger partial charge in [0.15, 0.2) is 5.96 Å². The molecule has 1 aliphatic heterocycles. The number of aliphatic hydroxyl groups is 1. The van der Waals surface area contributed by atoms with Crippen molar-refractivity contribution in [3.05, 3.63) is 29.8 Å². The van der Waals surface area contributed by atoms with Crippen LogP contribution in [0, 0.1) is 12.8 Å². The lowest BCUT2D eigenvalue weighted by Crippen LogP contribution is -2.51. The molecule has 0 radical (unpaired) electrons. The Labute approximate surface area is 146 Å². The van der Waals surface area contributed by atoms with Crippen molar-refractivity contribution in [1.82, 2.24) is 10.6 Å². The van der Waals surface area contributed by atoms with Gasteiger partial charge in [0.05, 0.1) is 0 Å². The number of rotatable bonds is 6. The maximum absolute atomic E-state index is 9.16. The summed E-state index contributed by atoms with van der Waals surface area (Å²) in [6, 6.07) is 9.16. The Morgan fingerprint density at radius 1 is 1.38 bits per heavy atom. The number of benzene rings is 1. The lowest BCUT2D eigenvalue weighted by Gasteiger charge is -2.35. The van der Waals surface area contributed by atoms with Gasteiger partial charge in [-0.05, 0) is 44.7 Å². The van der Waals surface area contributed by atoms with Gasteiger partial charge in [0.2, 0.25) is 0 Å². The first kappa shape index (κ1) is 18.6. The molecule has 0 saturated carbocycles. The van der Waals surface area contributed by atoms with Crippen LogP contribution in [-0.4, -0.2) is 49.9 Å². The number of anilines is 1. The normalized spacial score (nSPS) is 19.9. The highest BCUT2D eigenvalue weighted by Gasteiger charge is 2.21. The van der Waals surface area contributed by atoms with Gasteiger partial charge in [-0.2, -0.15) is 0 Å². The lowest BCUT2D eigenvalue weighted by atomic mass is 10.0. The molecule has 1 fully saturated rings. The molecule has 2 atom stereocenters. The number of aliphatic hydroxyl groups excluding tert-OH is 1. The van der Waals surface area contributed by atoms with Crippen LogP contribution in [0.4, 0.5) is 5.69 Å². The molecule has 5 nitrogen and oxygen atoms in total. The minimum absolute atomic E-state index is 0.174. The summed E-state index contributed by atoms with van der Waals surface area (Å²) >= 11 is 0. The average Bonchev–Trinajstić information content (AvgIpc) is 2.60. The van der Waals surface area contributed by atoms with E-state index in [2.05, 4.69) is 58.6 Å². The van der Waals surface area contributed by atoms with Crippen molar-refractivity contribution in [2.24, 2.45) is 10.9 Å². The Balaban J connectivity index is 1.95. The summed E-state index contributed by atoms with van der Waals surface area (Å²) in [7, 11) is 0. The number of nitrogens with one attached hydrogen (secondary N) is 2. The molecule has 1 aromatic carbocycles. The van der Waals surface area contributed by atoms with Gasteiger partial charge in [-0.3, -0.25) is 4.99 Å². The number of hydrogen-bond acceptors (Lipinski definition) is 3. The molecule has 5 heteroatoms. The predicted molar refractivity (Wildman–Crippen MR) is 102 cm³/mol. The summed E-state index contributed by atoms with van der Waals surface area (Å²) in [6.07, 6.45) is 2.33. The highest BCUT2D eigenvalue weighted by Crippen LogP contribution is 2.20. The smallest absolute Gasteiger partial charge is 0.191 e. The Bertz CT molecular complexity index is 515. The van der Waals surface area contributed by atoms with Crippen LogP contribution in [0.2, 0.25) is 0 Å². The molecule has 24 heavy (non-hydrogen) atoms. The van der Waals surface area contributed by atoms with Crippen LogP contribution in [0.5, 0.6) is 0 Å². The van der Waals surface area contributed by atoms with Crippen LogP contribution >= 0.6 is 0 Å². The molecule has 2 rings (SSSR count). The van der Waals surface area contributed by atoms with E-state index in [1.54, 1.807) is 0 Å². The molecule has 1 aromatic rings. The van der Waals surface area contributed by atoms with E-state index in [0.29, 0.717) is 12.6 Å². The van der Waals surface area contributed by atoms with Crippen molar-refractivity contribution in [2.75, 3.05) is 37.7 Å². The number of piperidine rings is 1. The number of hydrogen-bond donors (Lipinski definition) is 3. The second-order valence-electron chi connectivity index (χ2n) is 6.77. The van der Waals surface area contributed by atoms with Crippen LogP contribution in [0.25, 0.3) is 0 Å². The minimum atomic E-state index is 0.174. The fraction of sp³-hybridized carbons (Fsp3) is 0.632. The highest BCUT2D eigenvalue weighted by atomic mass is 16.3. The van der Waals surface area contributed by atoms with Gasteiger partial charge < -0.3 is 20.6 Å². The van der Waals surface area contributed by atoms with E-state index in [1.165, 1.54) is 17.7 Å². The average molecular weight is 332 g/mol. The number of aliphatic imine (C=N–C) groups is 1. The first-order chi connectivity index (χ1) is 11.6. The third-order valence-corrected chi connectivity index (χ3v) is 4.38. The molecule has 0 aromatic heterocycles. The molecule has 2 unspecified atom stereocenters. The molecule has 134 valence electrons. The van der Waals surface area contributed by atoms with E-state index in [1.807, 2.05) is 6.92 Å². The molecule has 0 aliphatic carbocycles. The largest absolute Gasteiger partial charge is 0.396 e. The van der Waals surface area contributed by atoms with Crippen molar-refractivity contribution in [2.45, 2.75) is 39.7 Å². The molecule has 0 bridgehead atoms. The summed E-state index contributed by atoms with van der Waals surface area (Å²) in [4.78, 5) is 7.05.